The lowest BCUT2D eigenvalue weighted by Gasteiger charge is -2.01. The van der Waals surface area contributed by atoms with Crippen molar-refractivity contribution in [3.05, 3.63) is 30.2 Å². The molecule has 0 radical (unpaired) electrons. The van der Waals surface area contributed by atoms with Crippen molar-refractivity contribution in [3.8, 4) is 11.5 Å². The first-order valence-corrected chi connectivity index (χ1v) is 4.32. The maximum absolute atomic E-state index is 12.6. The zero-order valence-corrected chi connectivity index (χ0v) is 8.25. The van der Waals surface area contributed by atoms with Crippen LogP contribution in [0.25, 0.3) is 11.5 Å². The first-order chi connectivity index (χ1) is 7.59. The molecule has 0 unspecified atom stereocenters. The summed E-state index contributed by atoms with van der Waals surface area (Å²) in [6.07, 6.45) is 3.29. The third-order valence-corrected chi connectivity index (χ3v) is 1.97. The molecule has 0 saturated heterocycles. The molecule has 0 aliphatic heterocycles. The molecule has 0 spiro atoms. The Balaban J connectivity index is 2.58. The number of nitrogens with zero attached hydrogens (tertiary/aromatic N) is 4. The molecule has 7 heteroatoms. The molecule has 2 heterocycles. The van der Waals surface area contributed by atoms with Crippen molar-refractivity contribution in [1.29, 1.82) is 0 Å². The average molecular weight is 222 g/mol. The fourth-order valence-electron chi connectivity index (χ4n) is 1.28. The van der Waals surface area contributed by atoms with Gasteiger partial charge in [-0.1, -0.05) is 0 Å². The topological polar surface area (TPSA) is 80.9 Å². The number of hydrogen-bond donors (Lipinski definition) is 1. The van der Waals surface area contributed by atoms with Crippen molar-refractivity contribution in [2.24, 2.45) is 7.05 Å². The first-order valence-electron chi connectivity index (χ1n) is 4.32. The smallest absolute Gasteiger partial charge is 0.356 e. The van der Waals surface area contributed by atoms with Crippen LogP contribution >= 0.6 is 0 Å². The van der Waals surface area contributed by atoms with Gasteiger partial charge in [-0.15, -0.1) is 0 Å². The van der Waals surface area contributed by atoms with Crippen molar-refractivity contribution in [1.82, 2.24) is 19.5 Å². The fraction of sp³-hybridized carbons (Fsp3) is 0.111. The van der Waals surface area contributed by atoms with Crippen LogP contribution in [0.3, 0.4) is 0 Å². The van der Waals surface area contributed by atoms with Gasteiger partial charge in [-0.05, 0) is 0 Å². The highest BCUT2D eigenvalue weighted by Crippen LogP contribution is 2.18. The molecule has 2 aromatic heterocycles. The van der Waals surface area contributed by atoms with Crippen molar-refractivity contribution >= 4 is 5.97 Å². The largest absolute Gasteiger partial charge is 0.476 e. The number of aromatic nitrogens is 4. The van der Waals surface area contributed by atoms with E-state index in [0.717, 1.165) is 12.4 Å². The van der Waals surface area contributed by atoms with E-state index in [1.807, 2.05) is 0 Å². The molecule has 0 aliphatic carbocycles. The lowest BCUT2D eigenvalue weighted by molar-refractivity contribution is 0.0692. The van der Waals surface area contributed by atoms with Crippen LogP contribution in [0.5, 0.6) is 0 Å². The molecule has 0 amide bonds. The highest BCUT2D eigenvalue weighted by molar-refractivity contribution is 5.91. The zero-order valence-electron chi connectivity index (χ0n) is 8.25. The second-order valence-electron chi connectivity index (χ2n) is 3.08. The van der Waals surface area contributed by atoms with Crippen LogP contribution in [0.15, 0.2) is 18.7 Å². The monoisotopic (exact) mass is 222 g/mol. The molecule has 82 valence electrons. The molecular weight excluding hydrogens is 215 g/mol. The van der Waals surface area contributed by atoms with Gasteiger partial charge in [0.05, 0.1) is 18.7 Å². The molecule has 0 aromatic carbocycles. The van der Waals surface area contributed by atoms with Gasteiger partial charge in [-0.2, -0.15) is 0 Å². The summed E-state index contributed by atoms with van der Waals surface area (Å²) in [6.45, 7) is 0. The molecular formula is C9H7FN4O2. The maximum Gasteiger partial charge on any atom is 0.356 e. The molecule has 16 heavy (non-hydrogen) atoms. The third kappa shape index (κ3) is 1.62. The van der Waals surface area contributed by atoms with Crippen molar-refractivity contribution in [2.75, 3.05) is 0 Å². The first kappa shape index (κ1) is 10.2. The van der Waals surface area contributed by atoms with E-state index in [1.165, 1.54) is 10.9 Å². The van der Waals surface area contributed by atoms with Crippen LogP contribution in [-0.4, -0.2) is 30.6 Å². The van der Waals surface area contributed by atoms with Crippen LogP contribution in [0.4, 0.5) is 4.39 Å². The summed E-state index contributed by atoms with van der Waals surface area (Å²) in [5.41, 5.74) is 0.0848. The van der Waals surface area contributed by atoms with E-state index < -0.39 is 11.8 Å². The predicted octanol–water partition coefficient (Wildman–Crippen LogP) is 0.714. The molecule has 0 saturated carbocycles. The lowest BCUT2D eigenvalue weighted by Crippen LogP contribution is -2.03. The second kappa shape index (κ2) is 3.69. The molecule has 6 nitrogen and oxygen atoms in total. The Bertz CT molecular complexity index is 535. The second-order valence-corrected chi connectivity index (χ2v) is 3.08. The van der Waals surface area contributed by atoms with E-state index in [4.69, 9.17) is 5.11 Å². The molecule has 0 bridgehead atoms. The van der Waals surface area contributed by atoms with Crippen molar-refractivity contribution < 1.29 is 14.3 Å². The van der Waals surface area contributed by atoms with Gasteiger partial charge in [-0.25, -0.2) is 24.1 Å². The number of aromatic carboxylic acids is 1. The molecule has 2 rings (SSSR count). The van der Waals surface area contributed by atoms with Gasteiger partial charge in [0.1, 0.15) is 5.69 Å². The van der Waals surface area contributed by atoms with E-state index >= 15 is 0 Å². The molecule has 0 fully saturated rings. The summed E-state index contributed by atoms with van der Waals surface area (Å²) in [6, 6.07) is 0. The van der Waals surface area contributed by atoms with E-state index in [-0.39, 0.29) is 17.2 Å². The Morgan fingerprint density at radius 1 is 1.38 bits per heavy atom. The standard InChI is InChI=1S/C9H7FN4O2/c1-14-4-13-6(9(15)16)7(14)8-11-2-5(10)3-12-8/h2-4H,1H3,(H,15,16). The summed E-state index contributed by atoms with van der Waals surface area (Å²) in [4.78, 5) is 22.0. The van der Waals surface area contributed by atoms with E-state index in [9.17, 15) is 9.18 Å². The van der Waals surface area contributed by atoms with Gasteiger partial charge in [0.15, 0.2) is 17.3 Å². The van der Waals surface area contributed by atoms with Gasteiger partial charge >= 0.3 is 5.97 Å². The van der Waals surface area contributed by atoms with Gasteiger partial charge in [-0.3, -0.25) is 0 Å². The number of carboxylic acids is 1. The molecule has 2 aromatic rings. The number of halogens is 1. The Hall–Kier alpha value is -2.31. The van der Waals surface area contributed by atoms with Crippen LogP contribution < -0.4 is 0 Å². The lowest BCUT2D eigenvalue weighted by atomic mass is 10.3. The highest BCUT2D eigenvalue weighted by Gasteiger charge is 2.19. The zero-order chi connectivity index (χ0) is 11.7. The molecule has 0 atom stereocenters. The predicted molar refractivity (Wildman–Crippen MR) is 51.2 cm³/mol. The molecule has 0 aliphatic rings. The Labute approximate surface area is 89.4 Å². The molecule has 1 N–H and O–H groups in total. The summed E-state index contributed by atoms with van der Waals surface area (Å²) in [5.74, 6) is -1.63. The Morgan fingerprint density at radius 2 is 2.00 bits per heavy atom. The van der Waals surface area contributed by atoms with Crippen LogP contribution in [-0.2, 0) is 7.05 Å². The quantitative estimate of drug-likeness (QED) is 0.809. The van der Waals surface area contributed by atoms with E-state index in [1.54, 1.807) is 7.05 Å². The van der Waals surface area contributed by atoms with E-state index in [0.29, 0.717) is 0 Å². The van der Waals surface area contributed by atoms with Crippen LogP contribution in [0, 0.1) is 5.82 Å². The van der Waals surface area contributed by atoms with Gasteiger partial charge in [0.25, 0.3) is 0 Å². The normalized spacial score (nSPS) is 10.4. The number of hydrogen-bond acceptors (Lipinski definition) is 4. The number of carbonyl (C=O) groups is 1. The van der Waals surface area contributed by atoms with Crippen molar-refractivity contribution in [2.45, 2.75) is 0 Å². The van der Waals surface area contributed by atoms with Crippen LogP contribution in [0.1, 0.15) is 10.5 Å². The van der Waals surface area contributed by atoms with Gasteiger partial charge in [0.2, 0.25) is 0 Å². The minimum Gasteiger partial charge on any atom is -0.476 e. The third-order valence-electron chi connectivity index (χ3n) is 1.97. The summed E-state index contributed by atoms with van der Waals surface area (Å²) < 4.78 is 14.1. The number of carboxylic acid groups (broad SMARTS) is 1. The number of imidazole rings is 1. The van der Waals surface area contributed by atoms with Gasteiger partial charge in [0, 0.05) is 7.05 Å². The minimum atomic E-state index is -1.18. The Morgan fingerprint density at radius 3 is 2.56 bits per heavy atom. The fourth-order valence-corrected chi connectivity index (χ4v) is 1.28. The number of rotatable bonds is 2. The van der Waals surface area contributed by atoms with E-state index in [2.05, 4.69) is 15.0 Å². The van der Waals surface area contributed by atoms with Crippen LogP contribution in [0.2, 0.25) is 0 Å². The highest BCUT2D eigenvalue weighted by atomic mass is 19.1. The Kier molecular flexibility index (Phi) is 2.35. The minimum absolute atomic E-state index is 0.124. The summed E-state index contributed by atoms with van der Waals surface area (Å²) in [5, 5.41) is 8.89. The summed E-state index contributed by atoms with van der Waals surface area (Å²) >= 11 is 0. The summed E-state index contributed by atoms with van der Waals surface area (Å²) in [7, 11) is 1.61. The van der Waals surface area contributed by atoms with Gasteiger partial charge < -0.3 is 9.67 Å². The van der Waals surface area contributed by atoms with Crippen molar-refractivity contribution in [3.63, 3.8) is 0 Å². The average Bonchev–Trinajstić information content (AvgIpc) is 2.62. The maximum atomic E-state index is 12.6. The SMILES string of the molecule is Cn1cnc(C(=O)O)c1-c1ncc(F)cn1. The number of aryl methyl sites for hydroxylation is 1.